The van der Waals surface area contributed by atoms with Crippen LogP contribution in [-0.2, 0) is 17.4 Å². The van der Waals surface area contributed by atoms with Gasteiger partial charge >= 0.3 is 6.18 Å². The van der Waals surface area contributed by atoms with Crippen molar-refractivity contribution in [3.63, 3.8) is 0 Å². The Morgan fingerprint density at radius 3 is 2.55 bits per heavy atom. The summed E-state index contributed by atoms with van der Waals surface area (Å²) in [7, 11) is 0. The van der Waals surface area contributed by atoms with Gasteiger partial charge in [0.1, 0.15) is 11.5 Å². The Morgan fingerprint density at radius 2 is 2.05 bits per heavy atom. The fourth-order valence-corrected chi connectivity index (χ4v) is 1.92. The third-order valence-electron chi connectivity index (χ3n) is 2.85. The number of carbonyl (C=O) groups excluding carboxylic acids is 1. The van der Waals surface area contributed by atoms with Crippen molar-refractivity contribution in [2.75, 3.05) is 0 Å². The molecule has 0 spiro atoms. The van der Waals surface area contributed by atoms with E-state index in [-0.39, 0.29) is 12.2 Å². The van der Waals surface area contributed by atoms with Crippen molar-refractivity contribution in [2.24, 2.45) is 0 Å². The second-order valence-electron chi connectivity index (χ2n) is 4.74. The number of rotatable bonds is 5. The first-order valence-corrected chi connectivity index (χ1v) is 6.49. The van der Waals surface area contributed by atoms with Crippen LogP contribution in [-0.4, -0.2) is 10.8 Å². The predicted octanol–water partition coefficient (Wildman–Crippen LogP) is 4.35. The first-order valence-electron chi connectivity index (χ1n) is 6.49. The number of carbonyl (C=O) groups is 1. The van der Waals surface area contributed by atoms with Crippen LogP contribution in [0, 0.1) is 6.92 Å². The van der Waals surface area contributed by atoms with Crippen molar-refractivity contribution < 1.29 is 18.0 Å². The van der Waals surface area contributed by atoms with Gasteiger partial charge in [-0.2, -0.15) is 13.2 Å². The molecule has 0 saturated heterocycles. The molecule has 0 N–H and O–H groups in total. The highest BCUT2D eigenvalue weighted by molar-refractivity contribution is 5.78. The van der Waals surface area contributed by atoms with Crippen molar-refractivity contribution in [1.82, 2.24) is 4.98 Å². The molecule has 0 unspecified atom stereocenters. The van der Waals surface area contributed by atoms with E-state index in [1.165, 1.54) is 13.0 Å². The predicted molar refractivity (Wildman–Crippen MR) is 72.3 cm³/mol. The number of aromatic nitrogens is 1. The van der Waals surface area contributed by atoms with E-state index in [1.54, 1.807) is 13.0 Å². The first kappa shape index (κ1) is 16.4. The zero-order chi connectivity index (χ0) is 15.3. The van der Waals surface area contributed by atoms with Crippen molar-refractivity contribution in [3.05, 3.63) is 34.7 Å². The van der Waals surface area contributed by atoms with Gasteiger partial charge in [0.15, 0.2) is 0 Å². The molecule has 0 amide bonds. The largest absolute Gasteiger partial charge is 0.433 e. The minimum atomic E-state index is -4.46. The topological polar surface area (TPSA) is 30.0 Å². The number of halogens is 3. The van der Waals surface area contributed by atoms with Crippen LogP contribution in [0.25, 0.3) is 6.08 Å². The van der Waals surface area contributed by atoms with Gasteiger partial charge in [-0.05, 0) is 43.5 Å². The highest BCUT2D eigenvalue weighted by Gasteiger charge is 2.33. The Hall–Kier alpha value is -1.65. The number of Topliss-reactive ketones (excluding diaryl/α,β-unsaturated/α-hetero) is 1. The third-order valence-corrected chi connectivity index (χ3v) is 2.85. The van der Waals surface area contributed by atoms with E-state index in [9.17, 15) is 18.0 Å². The van der Waals surface area contributed by atoms with E-state index < -0.39 is 11.9 Å². The third kappa shape index (κ3) is 4.47. The SMILES string of the molecule is CCCc1c(C)cc(C(F)(F)F)nc1/C=C/CC(C)=O. The standard InChI is InChI=1S/C15H18F3NO/c1-4-6-12-10(2)9-14(15(16,17)18)19-13(12)8-5-7-11(3)20/h5,8-9H,4,6-7H2,1-3H3/b8-5+. The molecule has 1 rings (SSSR count). The maximum absolute atomic E-state index is 12.8. The monoisotopic (exact) mass is 285 g/mol. The summed E-state index contributed by atoms with van der Waals surface area (Å²) in [4.78, 5) is 14.6. The zero-order valence-corrected chi connectivity index (χ0v) is 11.8. The molecule has 0 aliphatic heterocycles. The van der Waals surface area contributed by atoms with Gasteiger partial charge in [0.05, 0.1) is 5.69 Å². The molecule has 20 heavy (non-hydrogen) atoms. The van der Waals surface area contributed by atoms with E-state index in [1.807, 2.05) is 6.92 Å². The van der Waals surface area contributed by atoms with E-state index in [0.29, 0.717) is 17.7 Å². The number of nitrogens with zero attached hydrogens (tertiary/aromatic N) is 1. The first-order chi connectivity index (χ1) is 9.25. The van der Waals surface area contributed by atoms with Crippen molar-refractivity contribution in [2.45, 2.75) is 46.2 Å². The van der Waals surface area contributed by atoms with Crippen molar-refractivity contribution >= 4 is 11.9 Å². The minimum absolute atomic E-state index is 0.0398. The van der Waals surface area contributed by atoms with Crippen LogP contribution in [0.1, 0.15) is 49.2 Å². The highest BCUT2D eigenvalue weighted by atomic mass is 19.4. The van der Waals surface area contributed by atoms with Crippen LogP contribution in [0.5, 0.6) is 0 Å². The second-order valence-corrected chi connectivity index (χ2v) is 4.74. The summed E-state index contributed by atoms with van der Waals surface area (Å²) < 4.78 is 38.3. The van der Waals surface area contributed by atoms with E-state index in [0.717, 1.165) is 18.1 Å². The molecule has 0 fully saturated rings. The average molecular weight is 285 g/mol. The lowest BCUT2D eigenvalue weighted by Crippen LogP contribution is -2.11. The molecule has 2 nitrogen and oxygen atoms in total. The van der Waals surface area contributed by atoms with Crippen LogP contribution in [0.4, 0.5) is 13.2 Å². The summed E-state index contributed by atoms with van der Waals surface area (Å²) in [6.45, 7) is 5.05. The van der Waals surface area contributed by atoms with Gasteiger partial charge in [-0.3, -0.25) is 4.79 Å². The Bertz CT molecular complexity index is 519. The molecule has 5 heteroatoms. The minimum Gasteiger partial charge on any atom is -0.300 e. The Kier molecular flexibility index (Phi) is 5.48. The lowest BCUT2D eigenvalue weighted by atomic mass is 10.0. The van der Waals surface area contributed by atoms with Crippen molar-refractivity contribution in [3.8, 4) is 0 Å². The number of aryl methyl sites for hydroxylation is 1. The summed E-state index contributed by atoms with van der Waals surface area (Å²) in [5.74, 6) is -0.0398. The molecule has 1 aromatic heterocycles. The van der Waals surface area contributed by atoms with Crippen LogP contribution in [0.2, 0.25) is 0 Å². The van der Waals surface area contributed by atoms with Crippen LogP contribution in [0.15, 0.2) is 12.1 Å². The zero-order valence-electron chi connectivity index (χ0n) is 11.8. The molecule has 0 aromatic carbocycles. The molecule has 0 aliphatic rings. The Labute approximate surface area is 116 Å². The number of hydrogen-bond acceptors (Lipinski definition) is 2. The lowest BCUT2D eigenvalue weighted by molar-refractivity contribution is -0.141. The molecule has 1 heterocycles. The van der Waals surface area contributed by atoms with Gasteiger partial charge in [-0.25, -0.2) is 4.98 Å². The molecule has 0 aliphatic carbocycles. The molecule has 0 radical (unpaired) electrons. The average Bonchev–Trinajstić information content (AvgIpc) is 2.31. The maximum atomic E-state index is 12.8. The number of alkyl halides is 3. The molecule has 0 bridgehead atoms. The second kappa shape index (κ2) is 6.68. The maximum Gasteiger partial charge on any atom is 0.433 e. The fraction of sp³-hybridized carbons (Fsp3) is 0.467. The van der Waals surface area contributed by atoms with Gasteiger partial charge in [-0.1, -0.05) is 19.4 Å². The highest BCUT2D eigenvalue weighted by Crippen LogP contribution is 2.30. The summed E-state index contributed by atoms with van der Waals surface area (Å²) in [6.07, 6.45) is 0.289. The number of allylic oxidation sites excluding steroid dienone is 1. The van der Waals surface area contributed by atoms with Gasteiger partial charge in [0.25, 0.3) is 0 Å². The van der Waals surface area contributed by atoms with Gasteiger partial charge in [0, 0.05) is 6.42 Å². The van der Waals surface area contributed by atoms with E-state index >= 15 is 0 Å². The van der Waals surface area contributed by atoms with E-state index in [2.05, 4.69) is 4.98 Å². The van der Waals surface area contributed by atoms with Gasteiger partial charge in [-0.15, -0.1) is 0 Å². The summed E-state index contributed by atoms with van der Waals surface area (Å²) in [5, 5.41) is 0. The molecule has 0 saturated carbocycles. The summed E-state index contributed by atoms with van der Waals surface area (Å²) in [5.41, 5.74) is 0.801. The smallest absolute Gasteiger partial charge is 0.300 e. The summed E-state index contributed by atoms with van der Waals surface area (Å²) in [6, 6.07) is 1.08. The normalized spacial score (nSPS) is 12.1. The molecular formula is C15H18F3NO. The Balaban J connectivity index is 3.25. The van der Waals surface area contributed by atoms with Crippen molar-refractivity contribution in [1.29, 1.82) is 0 Å². The van der Waals surface area contributed by atoms with Crippen LogP contribution < -0.4 is 0 Å². The quantitative estimate of drug-likeness (QED) is 0.805. The van der Waals surface area contributed by atoms with Gasteiger partial charge < -0.3 is 0 Å². The van der Waals surface area contributed by atoms with E-state index in [4.69, 9.17) is 0 Å². The lowest BCUT2D eigenvalue weighted by Gasteiger charge is -2.13. The number of ketones is 1. The molecule has 1 aromatic rings. The number of hydrogen-bond donors (Lipinski definition) is 0. The fourth-order valence-electron chi connectivity index (χ4n) is 1.92. The Morgan fingerprint density at radius 1 is 1.40 bits per heavy atom. The number of pyridine rings is 1. The van der Waals surface area contributed by atoms with Gasteiger partial charge in [0.2, 0.25) is 0 Å². The molecular weight excluding hydrogens is 267 g/mol. The summed E-state index contributed by atoms with van der Waals surface area (Å²) >= 11 is 0. The van der Waals surface area contributed by atoms with Crippen LogP contribution in [0.3, 0.4) is 0 Å². The molecule has 0 atom stereocenters. The van der Waals surface area contributed by atoms with Crippen LogP contribution >= 0.6 is 0 Å². The molecule has 110 valence electrons.